The average molecular weight is 321 g/mol. The van der Waals surface area contributed by atoms with Gasteiger partial charge in [0.15, 0.2) is 0 Å². The van der Waals surface area contributed by atoms with Gasteiger partial charge in [0.2, 0.25) is 0 Å². The highest BCUT2D eigenvalue weighted by molar-refractivity contribution is 5.75. The van der Waals surface area contributed by atoms with E-state index in [0.29, 0.717) is 0 Å². The molecule has 2 amide bonds. The zero-order valence-electron chi connectivity index (χ0n) is 11.5. The molecule has 1 aromatic rings. The third-order valence-electron chi connectivity index (χ3n) is 3.35. The molecule has 1 fully saturated rings. The van der Waals surface area contributed by atoms with Gasteiger partial charge in [-0.25, -0.2) is 14.2 Å². The van der Waals surface area contributed by atoms with Gasteiger partial charge >= 0.3 is 12.2 Å². The summed E-state index contributed by atoms with van der Waals surface area (Å²) in [7, 11) is 0. The summed E-state index contributed by atoms with van der Waals surface area (Å²) in [6, 6.07) is 2.12. The fraction of sp³-hybridized carbons (Fsp3) is 0.538. The van der Waals surface area contributed by atoms with E-state index in [0.717, 1.165) is 11.0 Å². The van der Waals surface area contributed by atoms with Crippen LogP contribution < -0.4 is 5.32 Å². The SMILES string of the molecule is O=C(NCc1cccc(C(F)(F)F)n1)N1CC(F)CC1CO. The Morgan fingerprint density at radius 1 is 1.45 bits per heavy atom. The highest BCUT2D eigenvalue weighted by Crippen LogP contribution is 2.27. The van der Waals surface area contributed by atoms with E-state index < -0.39 is 30.1 Å². The summed E-state index contributed by atoms with van der Waals surface area (Å²) in [6.45, 7) is -0.725. The van der Waals surface area contributed by atoms with E-state index in [9.17, 15) is 22.4 Å². The van der Waals surface area contributed by atoms with Gasteiger partial charge in [0.05, 0.1) is 31.4 Å². The van der Waals surface area contributed by atoms with Crippen molar-refractivity contribution in [3.63, 3.8) is 0 Å². The number of amides is 2. The maximum Gasteiger partial charge on any atom is 0.433 e. The number of hydrogen-bond acceptors (Lipinski definition) is 3. The maximum absolute atomic E-state index is 13.2. The first-order chi connectivity index (χ1) is 10.3. The second-order valence-electron chi connectivity index (χ2n) is 4.99. The number of likely N-dealkylation sites (tertiary alicyclic amines) is 1. The van der Waals surface area contributed by atoms with Crippen LogP contribution in [0.5, 0.6) is 0 Å². The van der Waals surface area contributed by atoms with Crippen molar-refractivity contribution in [3.05, 3.63) is 29.6 Å². The number of rotatable bonds is 3. The molecule has 2 atom stereocenters. The molecule has 0 aliphatic carbocycles. The number of aliphatic hydroxyl groups is 1. The Bertz CT molecular complexity index is 538. The lowest BCUT2D eigenvalue weighted by atomic mass is 10.2. The van der Waals surface area contributed by atoms with Crippen molar-refractivity contribution in [2.75, 3.05) is 13.2 Å². The van der Waals surface area contributed by atoms with Gasteiger partial charge in [-0.05, 0) is 12.1 Å². The van der Waals surface area contributed by atoms with E-state index in [2.05, 4.69) is 10.3 Å². The third-order valence-corrected chi connectivity index (χ3v) is 3.35. The van der Waals surface area contributed by atoms with Crippen LogP contribution in [0.25, 0.3) is 0 Å². The second-order valence-corrected chi connectivity index (χ2v) is 4.99. The van der Waals surface area contributed by atoms with Gasteiger partial charge in [0.1, 0.15) is 11.9 Å². The van der Waals surface area contributed by atoms with Crippen molar-refractivity contribution in [1.29, 1.82) is 0 Å². The summed E-state index contributed by atoms with van der Waals surface area (Å²) < 4.78 is 50.8. The number of aromatic nitrogens is 1. The lowest BCUT2D eigenvalue weighted by molar-refractivity contribution is -0.141. The van der Waals surface area contributed by atoms with Crippen molar-refractivity contribution in [2.45, 2.75) is 31.4 Å². The number of pyridine rings is 1. The molecule has 2 heterocycles. The Morgan fingerprint density at radius 2 is 2.18 bits per heavy atom. The van der Waals surface area contributed by atoms with Crippen LogP contribution in [-0.4, -0.2) is 46.4 Å². The molecule has 1 aromatic heterocycles. The van der Waals surface area contributed by atoms with Crippen LogP contribution in [0, 0.1) is 0 Å². The van der Waals surface area contributed by atoms with Crippen molar-refractivity contribution >= 4 is 6.03 Å². The number of aliphatic hydroxyl groups excluding tert-OH is 1. The van der Waals surface area contributed by atoms with Crippen LogP contribution in [0.1, 0.15) is 17.8 Å². The van der Waals surface area contributed by atoms with Gasteiger partial charge in [-0.2, -0.15) is 13.2 Å². The van der Waals surface area contributed by atoms with Crippen molar-refractivity contribution in [1.82, 2.24) is 15.2 Å². The Labute approximate surface area is 123 Å². The first-order valence-electron chi connectivity index (χ1n) is 6.63. The summed E-state index contributed by atoms with van der Waals surface area (Å²) in [6.07, 6.45) is -5.72. The molecule has 0 radical (unpaired) electrons. The molecule has 5 nitrogen and oxygen atoms in total. The molecular formula is C13H15F4N3O2. The van der Waals surface area contributed by atoms with Crippen LogP contribution in [0.3, 0.4) is 0 Å². The molecule has 1 saturated heterocycles. The summed E-state index contributed by atoms with van der Waals surface area (Å²) in [5, 5.41) is 11.5. The van der Waals surface area contributed by atoms with Crippen LogP contribution in [0.4, 0.5) is 22.4 Å². The molecule has 2 rings (SSSR count). The first kappa shape index (κ1) is 16.5. The van der Waals surface area contributed by atoms with Crippen LogP contribution in [0.2, 0.25) is 0 Å². The Kier molecular flexibility index (Phi) is 4.84. The fourth-order valence-corrected chi connectivity index (χ4v) is 2.28. The topological polar surface area (TPSA) is 65.5 Å². The van der Waals surface area contributed by atoms with E-state index in [1.54, 1.807) is 0 Å². The lowest BCUT2D eigenvalue weighted by Crippen LogP contribution is -2.44. The molecule has 122 valence electrons. The fourth-order valence-electron chi connectivity index (χ4n) is 2.28. The van der Waals surface area contributed by atoms with Crippen LogP contribution >= 0.6 is 0 Å². The normalized spacial score (nSPS) is 22.0. The van der Waals surface area contributed by atoms with E-state index >= 15 is 0 Å². The first-order valence-corrected chi connectivity index (χ1v) is 6.63. The summed E-state index contributed by atoms with van der Waals surface area (Å²) >= 11 is 0. The van der Waals surface area contributed by atoms with Gasteiger partial charge in [0.25, 0.3) is 0 Å². The number of nitrogens with one attached hydrogen (secondary N) is 1. The summed E-state index contributed by atoms with van der Waals surface area (Å²) in [5.74, 6) is 0. The summed E-state index contributed by atoms with van der Waals surface area (Å²) in [4.78, 5) is 16.5. The highest BCUT2D eigenvalue weighted by Gasteiger charge is 2.35. The number of halogens is 4. The molecule has 0 aromatic carbocycles. The molecule has 2 unspecified atom stereocenters. The molecule has 1 aliphatic heterocycles. The molecular weight excluding hydrogens is 306 g/mol. The van der Waals surface area contributed by atoms with Crippen molar-refractivity contribution < 1.29 is 27.5 Å². The number of hydrogen-bond donors (Lipinski definition) is 2. The number of urea groups is 1. The average Bonchev–Trinajstić information content (AvgIpc) is 2.85. The molecule has 9 heteroatoms. The minimum Gasteiger partial charge on any atom is -0.394 e. The molecule has 0 spiro atoms. The Balaban J connectivity index is 1.97. The number of alkyl halides is 4. The maximum atomic E-state index is 13.2. The third kappa shape index (κ3) is 3.85. The lowest BCUT2D eigenvalue weighted by Gasteiger charge is -2.22. The Hall–Kier alpha value is -1.90. The van der Waals surface area contributed by atoms with Gasteiger partial charge in [0, 0.05) is 6.42 Å². The number of nitrogens with zero attached hydrogens (tertiary/aromatic N) is 2. The zero-order valence-corrected chi connectivity index (χ0v) is 11.5. The van der Waals surface area contributed by atoms with Crippen LogP contribution in [0.15, 0.2) is 18.2 Å². The van der Waals surface area contributed by atoms with Crippen molar-refractivity contribution in [2.24, 2.45) is 0 Å². The number of carbonyl (C=O) groups excluding carboxylic acids is 1. The van der Waals surface area contributed by atoms with E-state index in [-0.39, 0.29) is 31.8 Å². The van der Waals surface area contributed by atoms with E-state index in [4.69, 9.17) is 5.11 Å². The standard InChI is InChI=1S/C13H15F4N3O2/c14-8-4-10(7-21)20(6-8)12(22)18-5-9-2-1-3-11(19-9)13(15,16)17/h1-3,8,10,21H,4-7H2,(H,18,22). The largest absolute Gasteiger partial charge is 0.433 e. The molecule has 0 saturated carbocycles. The summed E-state index contributed by atoms with van der Waals surface area (Å²) in [5.41, 5.74) is -1.00. The molecule has 2 N–H and O–H groups in total. The number of carbonyl (C=O) groups is 1. The predicted octanol–water partition coefficient (Wildman–Crippen LogP) is 1.71. The van der Waals surface area contributed by atoms with Gasteiger partial charge < -0.3 is 15.3 Å². The zero-order chi connectivity index (χ0) is 16.3. The van der Waals surface area contributed by atoms with Crippen molar-refractivity contribution in [3.8, 4) is 0 Å². The second kappa shape index (κ2) is 6.47. The van der Waals surface area contributed by atoms with Crippen LogP contribution in [-0.2, 0) is 12.7 Å². The van der Waals surface area contributed by atoms with Gasteiger partial charge in [-0.3, -0.25) is 0 Å². The molecule has 1 aliphatic rings. The van der Waals surface area contributed by atoms with Gasteiger partial charge in [-0.1, -0.05) is 6.07 Å². The van der Waals surface area contributed by atoms with E-state index in [1.807, 2.05) is 0 Å². The Morgan fingerprint density at radius 3 is 2.82 bits per heavy atom. The quantitative estimate of drug-likeness (QED) is 0.833. The minimum absolute atomic E-state index is 0.0414. The highest BCUT2D eigenvalue weighted by atomic mass is 19.4. The smallest absolute Gasteiger partial charge is 0.394 e. The monoisotopic (exact) mass is 321 g/mol. The molecule has 22 heavy (non-hydrogen) atoms. The van der Waals surface area contributed by atoms with E-state index in [1.165, 1.54) is 12.1 Å². The minimum atomic E-state index is -4.56. The molecule has 0 bridgehead atoms. The van der Waals surface area contributed by atoms with Gasteiger partial charge in [-0.15, -0.1) is 0 Å². The predicted molar refractivity (Wildman–Crippen MR) is 68.6 cm³/mol.